The molecule has 0 bridgehead atoms. The average Bonchev–Trinajstić information content (AvgIpc) is 3.03. The van der Waals surface area contributed by atoms with Crippen LogP contribution in [-0.4, -0.2) is 95.0 Å². The van der Waals surface area contributed by atoms with Crippen LogP contribution in [0, 0.1) is 11.7 Å². The predicted octanol–water partition coefficient (Wildman–Crippen LogP) is 7.86. The molecule has 3 heterocycles. The van der Waals surface area contributed by atoms with Crippen molar-refractivity contribution < 1.29 is 32.6 Å². The van der Waals surface area contributed by atoms with E-state index in [0.717, 1.165) is 17.8 Å². The second-order valence-electron chi connectivity index (χ2n) is 15.1. The maximum atomic E-state index is 16.1. The fourth-order valence-electron chi connectivity index (χ4n) is 5.56. The van der Waals surface area contributed by atoms with Gasteiger partial charge in [-0.05, 0) is 64.4 Å². The monoisotopic (exact) mass is 751 g/mol. The van der Waals surface area contributed by atoms with Crippen molar-refractivity contribution in [3.63, 3.8) is 0 Å². The molecule has 2 amide bonds. The first-order valence-corrected chi connectivity index (χ1v) is 21.5. The number of morpholine rings is 1. The number of aliphatic imine (C=N–C) groups is 1. The summed E-state index contributed by atoms with van der Waals surface area (Å²) >= 11 is 6.96. The van der Waals surface area contributed by atoms with Crippen molar-refractivity contribution in [2.75, 3.05) is 39.6 Å². The molecule has 2 aromatic rings. The van der Waals surface area contributed by atoms with E-state index in [1.54, 1.807) is 39.5 Å². The van der Waals surface area contributed by atoms with Gasteiger partial charge in [0.25, 0.3) is 0 Å². The first-order valence-electron chi connectivity index (χ1n) is 16.6. The van der Waals surface area contributed by atoms with Gasteiger partial charge in [-0.25, -0.2) is 28.4 Å². The zero-order chi connectivity index (χ0) is 37.1. The maximum absolute atomic E-state index is 16.1. The van der Waals surface area contributed by atoms with Gasteiger partial charge >= 0.3 is 6.09 Å². The molecule has 1 saturated heterocycles. The maximum Gasteiger partial charge on any atom is 0.418 e. The molecule has 2 aliphatic heterocycles. The molecule has 10 nitrogen and oxygen atoms in total. The molecule has 1 aromatic heterocycles. The minimum absolute atomic E-state index is 0.0416. The number of halogens is 3. The molecule has 0 unspecified atom stereocenters. The molecule has 0 spiro atoms. The highest BCUT2D eigenvalue weighted by molar-refractivity contribution is 8.15. The zero-order valence-corrected chi connectivity index (χ0v) is 32.9. The minimum atomic E-state index is -1.46. The summed E-state index contributed by atoms with van der Waals surface area (Å²) in [5.74, 6) is -2.11. The predicted molar refractivity (Wildman–Crippen MR) is 197 cm³/mol. The molecular weight excluding hydrogens is 704 g/mol. The minimum Gasteiger partial charge on any atom is -0.443 e. The van der Waals surface area contributed by atoms with Crippen LogP contribution in [0.5, 0.6) is 0 Å². The average molecular weight is 752 g/mol. The van der Waals surface area contributed by atoms with Gasteiger partial charge in [-0.2, -0.15) is 0 Å². The fourth-order valence-corrected chi connectivity index (χ4v) is 7.89. The third-order valence-corrected chi connectivity index (χ3v) is 12.1. The van der Waals surface area contributed by atoms with Crippen LogP contribution in [0.25, 0.3) is 11.9 Å². The Labute approximate surface area is 304 Å². The number of hydrogen-bond acceptors (Lipinski definition) is 9. The standard InChI is InChI=1S/C35H48ClF2N5O5SSi/c1-23-34(5,25-18-24(10-11-26(25)37)19-27(38)28-20-40-29(36)21-39-28)41-31(49-35(23,6)30(44)42-12-14-46-15-13-42)43(32(45)48-33(2,3)4)22-47-16-17-50(7,8)9/h10-11,18-21,23H,12-17,22H2,1-9H3/b27-19-/t23-,34-,35-/m0/s1. The Kier molecular flexibility index (Phi) is 12.6. The molecule has 15 heteroatoms. The van der Waals surface area contributed by atoms with Crippen molar-refractivity contribution in [2.24, 2.45) is 10.9 Å². The van der Waals surface area contributed by atoms with Crippen molar-refractivity contribution in [2.45, 2.75) is 83.1 Å². The Hall–Kier alpha value is -2.91. The van der Waals surface area contributed by atoms with Gasteiger partial charge in [0.2, 0.25) is 5.91 Å². The third-order valence-electron chi connectivity index (χ3n) is 8.78. The lowest BCUT2D eigenvalue weighted by Crippen LogP contribution is -2.59. The zero-order valence-electron chi connectivity index (χ0n) is 30.3. The van der Waals surface area contributed by atoms with E-state index in [-0.39, 0.29) is 34.2 Å². The Balaban J connectivity index is 1.85. The summed E-state index contributed by atoms with van der Waals surface area (Å²) in [7, 11) is -1.46. The lowest BCUT2D eigenvalue weighted by atomic mass is 9.73. The normalized spacial score (nSPS) is 23.4. The summed E-state index contributed by atoms with van der Waals surface area (Å²) in [5, 5.41) is 0.271. The van der Waals surface area contributed by atoms with Gasteiger partial charge in [0.05, 0.1) is 31.1 Å². The number of carbonyl (C=O) groups excluding carboxylic acids is 2. The van der Waals surface area contributed by atoms with Crippen molar-refractivity contribution in [1.29, 1.82) is 0 Å². The molecule has 0 N–H and O–H groups in total. The molecule has 274 valence electrons. The molecule has 3 atom stereocenters. The van der Waals surface area contributed by atoms with Crippen LogP contribution in [0.15, 0.2) is 35.6 Å². The van der Waals surface area contributed by atoms with Crippen molar-refractivity contribution in [3.05, 3.63) is 58.4 Å². The molecule has 0 aliphatic carbocycles. The highest BCUT2D eigenvalue weighted by Crippen LogP contribution is 2.52. The third kappa shape index (κ3) is 9.69. The number of benzene rings is 1. The Morgan fingerprint density at radius 1 is 1.18 bits per heavy atom. The molecule has 0 radical (unpaired) electrons. The van der Waals surface area contributed by atoms with Crippen molar-refractivity contribution in [3.8, 4) is 0 Å². The first-order chi connectivity index (χ1) is 23.2. The number of ether oxygens (including phenoxy) is 3. The first kappa shape index (κ1) is 39.9. The highest BCUT2D eigenvalue weighted by atomic mass is 35.5. The number of amidine groups is 1. The summed E-state index contributed by atoms with van der Waals surface area (Å²) < 4.78 is 47.5. The lowest BCUT2D eigenvalue weighted by Gasteiger charge is -2.49. The van der Waals surface area contributed by atoms with E-state index in [2.05, 4.69) is 29.6 Å². The summed E-state index contributed by atoms with van der Waals surface area (Å²) in [4.78, 5) is 44.3. The molecule has 2 aliphatic rings. The van der Waals surface area contributed by atoms with Gasteiger partial charge in [0.1, 0.15) is 33.7 Å². The molecule has 0 saturated carbocycles. The summed E-state index contributed by atoms with van der Waals surface area (Å²) in [6.07, 6.45) is 2.94. The van der Waals surface area contributed by atoms with E-state index < -0.39 is 47.6 Å². The van der Waals surface area contributed by atoms with Gasteiger partial charge < -0.3 is 19.1 Å². The van der Waals surface area contributed by atoms with E-state index in [9.17, 15) is 9.59 Å². The Morgan fingerprint density at radius 2 is 1.86 bits per heavy atom. The second-order valence-corrected chi connectivity index (χ2v) is 22.5. The number of rotatable bonds is 9. The van der Waals surface area contributed by atoms with E-state index in [4.69, 9.17) is 30.8 Å². The molecular formula is C35H48ClF2N5O5SSi. The SMILES string of the molecule is C[C@@H]1[C@@](C)(C(=O)N2CCOCC2)SC(N(COCC[Si](C)(C)C)C(=O)OC(C)(C)C)=N[C@]1(C)c1cc(/C=C(\F)c2cnc(Cl)cn2)ccc1F. The number of hydrogen-bond donors (Lipinski definition) is 0. The Morgan fingerprint density at radius 3 is 2.46 bits per heavy atom. The topological polar surface area (TPSA) is 106 Å². The van der Waals surface area contributed by atoms with Crippen LogP contribution in [0.2, 0.25) is 30.8 Å². The molecule has 4 rings (SSSR count). The van der Waals surface area contributed by atoms with Gasteiger partial charge in [-0.1, -0.05) is 56.0 Å². The number of amides is 2. The van der Waals surface area contributed by atoms with Crippen LogP contribution in [0.4, 0.5) is 13.6 Å². The summed E-state index contributed by atoms with van der Waals surface area (Å²) in [6.45, 7) is 19.1. The number of thioether (sulfide) groups is 1. The summed E-state index contributed by atoms with van der Waals surface area (Å²) in [5.41, 5.74) is -1.85. The van der Waals surface area contributed by atoms with E-state index in [1.807, 2.05) is 6.92 Å². The van der Waals surface area contributed by atoms with E-state index >= 15 is 8.78 Å². The number of carbonyl (C=O) groups is 2. The van der Waals surface area contributed by atoms with Crippen LogP contribution in [0.3, 0.4) is 0 Å². The van der Waals surface area contributed by atoms with Crippen LogP contribution < -0.4 is 0 Å². The molecule has 1 aromatic carbocycles. The number of nitrogens with zero attached hydrogens (tertiary/aromatic N) is 5. The smallest absolute Gasteiger partial charge is 0.418 e. The van der Waals surface area contributed by atoms with Gasteiger partial charge in [-0.15, -0.1) is 0 Å². The largest absolute Gasteiger partial charge is 0.443 e. The number of aromatic nitrogens is 2. The van der Waals surface area contributed by atoms with Crippen LogP contribution in [0.1, 0.15) is 58.4 Å². The highest BCUT2D eigenvalue weighted by Gasteiger charge is 2.56. The van der Waals surface area contributed by atoms with Crippen LogP contribution in [-0.2, 0) is 24.5 Å². The molecule has 50 heavy (non-hydrogen) atoms. The van der Waals surface area contributed by atoms with Crippen molar-refractivity contribution in [1.82, 2.24) is 19.8 Å². The van der Waals surface area contributed by atoms with Crippen molar-refractivity contribution >= 4 is 60.5 Å². The lowest BCUT2D eigenvalue weighted by molar-refractivity contribution is -0.139. The fraction of sp³-hybridized carbons (Fsp3) is 0.571. The quantitative estimate of drug-likeness (QED) is 0.145. The van der Waals surface area contributed by atoms with E-state index in [1.165, 1.54) is 41.6 Å². The summed E-state index contributed by atoms with van der Waals surface area (Å²) in [6, 6.07) is 5.05. The van der Waals surface area contributed by atoms with Gasteiger partial charge in [0, 0.05) is 39.3 Å². The van der Waals surface area contributed by atoms with Gasteiger partial charge in [-0.3, -0.25) is 9.79 Å². The van der Waals surface area contributed by atoms with Gasteiger partial charge in [0.15, 0.2) is 11.0 Å². The second kappa shape index (κ2) is 15.8. The van der Waals surface area contributed by atoms with Crippen LogP contribution >= 0.6 is 23.4 Å². The Bertz CT molecular complexity index is 1610. The molecule has 1 fully saturated rings. The van der Waals surface area contributed by atoms with E-state index in [0.29, 0.717) is 38.5 Å².